The number of rotatable bonds is 6. The number of benzene rings is 2. The number of hydrogen-bond donors (Lipinski definition) is 1. The first kappa shape index (κ1) is 20.7. The van der Waals surface area contributed by atoms with Crippen LogP contribution >= 0.6 is 11.6 Å². The predicted molar refractivity (Wildman–Crippen MR) is 117 cm³/mol. The Morgan fingerprint density at radius 2 is 1.90 bits per heavy atom. The Labute approximate surface area is 176 Å². The highest BCUT2D eigenvalue weighted by Crippen LogP contribution is 2.24. The van der Waals surface area contributed by atoms with E-state index < -0.39 is 0 Å². The fourth-order valence-corrected chi connectivity index (χ4v) is 3.35. The highest BCUT2D eigenvalue weighted by atomic mass is 35.5. The van der Waals surface area contributed by atoms with Gasteiger partial charge in [-0.05, 0) is 63.1 Å². The summed E-state index contributed by atoms with van der Waals surface area (Å²) >= 11 is 6.01. The number of hydrazone groups is 1. The van der Waals surface area contributed by atoms with Gasteiger partial charge < -0.3 is 9.30 Å². The molecular weight excluding hydrogens is 386 g/mol. The average molecular weight is 410 g/mol. The largest absolute Gasteiger partial charge is 0.482 e. The topological polar surface area (TPSA) is 55.6 Å². The van der Waals surface area contributed by atoms with E-state index >= 15 is 0 Å². The van der Waals surface area contributed by atoms with Gasteiger partial charge in [-0.3, -0.25) is 4.79 Å². The summed E-state index contributed by atoms with van der Waals surface area (Å²) in [4.78, 5) is 12.0. The number of amides is 1. The number of carbonyl (C=O) groups is 1. The van der Waals surface area contributed by atoms with E-state index in [1.165, 1.54) is 11.1 Å². The number of nitrogens with one attached hydrogen (secondary N) is 1. The van der Waals surface area contributed by atoms with E-state index in [1.807, 2.05) is 13.0 Å². The number of para-hydroxylation sites is 1. The van der Waals surface area contributed by atoms with Gasteiger partial charge in [-0.2, -0.15) is 5.10 Å². The SMILES string of the molecule is Cc1ccc(C)c(-n2c(C)cc(/C=N\NC(=O)COc3ccccc3Cl)c2C)c1. The molecule has 0 aliphatic rings. The van der Waals surface area contributed by atoms with Crippen LogP contribution in [0.1, 0.15) is 28.1 Å². The Morgan fingerprint density at radius 3 is 2.66 bits per heavy atom. The van der Waals surface area contributed by atoms with Crippen molar-refractivity contribution in [1.82, 2.24) is 9.99 Å². The standard InChI is InChI=1S/C23H24ClN3O2/c1-15-9-10-16(2)21(11-15)27-17(3)12-19(18(27)4)13-25-26-23(28)14-29-22-8-6-5-7-20(22)24/h5-13H,14H2,1-4H3,(H,26,28)/b25-13-. The third-order valence-electron chi connectivity index (χ3n) is 4.66. The molecule has 2 aromatic carbocycles. The maximum atomic E-state index is 12.0. The molecule has 150 valence electrons. The lowest BCUT2D eigenvalue weighted by atomic mass is 10.1. The third kappa shape index (κ3) is 4.87. The van der Waals surface area contributed by atoms with Gasteiger partial charge >= 0.3 is 0 Å². The van der Waals surface area contributed by atoms with Gasteiger partial charge in [0.05, 0.1) is 11.2 Å². The van der Waals surface area contributed by atoms with Crippen LogP contribution in [0.5, 0.6) is 5.75 Å². The van der Waals surface area contributed by atoms with Gasteiger partial charge in [0.1, 0.15) is 5.75 Å². The summed E-state index contributed by atoms with van der Waals surface area (Å²) in [6.45, 7) is 8.11. The molecule has 1 N–H and O–H groups in total. The lowest BCUT2D eigenvalue weighted by Crippen LogP contribution is -2.24. The Morgan fingerprint density at radius 1 is 1.14 bits per heavy atom. The van der Waals surface area contributed by atoms with Crippen molar-refractivity contribution in [2.75, 3.05) is 6.61 Å². The van der Waals surface area contributed by atoms with Crippen LogP contribution in [0.3, 0.4) is 0 Å². The van der Waals surface area contributed by atoms with Gasteiger partial charge in [-0.15, -0.1) is 0 Å². The normalized spacial score (nSPS) is 11.1. The fourth-order valence-electron chi connectivity index (χ4n) is 3.16. The minimum absolute atomic E-state index is 0.164. The van der Waals surface area contributed by atoms with Crippen molar-refractivity contribution in [2.45, 2.75) is 27.7 Å². The Hall–Kier alpha value is -3.05. The maximum absolute atomic E-state index is 12.0. The van der Waals surface area contributed by atoms with E-state index in [4.69, 9.17) is 16.3 Å². The number of aryl methyl sites for hydroxylation is 3. The molecule has 0 atom stereocenters. The van der Waals surface area contributed by atoms with Gasteiger partial charge in [-0.25, -0.2) is 5.43 Å². The molecule has 0 bridgehead atoms. The molecular formula is C23H24ClN3O2. The van der Waals surface area contributed by atoms with Crippen molar-refractivity contribution in [3.05, 3.63) is 81.6 Å². The van der Waals surface area contributed by atoms with Gasteiger partial charge in [0, 0.05) is 22.6 Å². The number of halogens is 1. The molecule has 6 heteroatoms. The van der Waals surface area contributed by atoms with Crippen molar-refractivity contribution < 1.29 is 9.53 Å². The maximum Gasteiger partial charge on any atom is 0.277 e. The van der Waals surface area contributed by atoms with Crippen LogP contribution in [0.4, 0.5) is 0 Å². The fraction of sp³-hybridized carbons (Fsp3) is 0.217. The van der Waals surface area contributed by atoms with Crippen molar-refractivity contribution in [3.8, 4) is 11.4 Å². The number of nitrogens with zero attached hydrogens (tertiary/aromatic N) is 2. The summed E-state index contributed by atoms with van der Waals surface area (Å²) in [5, 5.41) is 4.54. The van der Waals surface area contributed by atoms with Crippen molar-refractivity contribution >= 4 is 23.7 Å². The minimum Gasteiger partial charge on any atom is -0.482 e. The molecule has 1 heterocycles. The van der Waals surface area contributed by atoms with Crippen molar-refractivity contribution in [2.24, 2.45) is 5.10 Å². The molecule has 29 heavy (non-hydrogen) atoms. The molecule has 0 aliphatic heterocycles. The molecule has 0 fully saturated rings. The van der Waals surface area contributed by atoms with E-state index in [9.17, 15) is 4.79 Å². The average Bonchev–Trinajstić information content (AvgIpc) is 2.96. The third-order valence-corrected chi connectivity index (χ3v) is 4.98. The zero-order valence-electron chi connectivity index (χ0n) is 17.0. The summed E-state index contributed by atoms with van der Waals surface area (Å²) < 4.78 is 7.61. The highest BCUT2D eigenvalue weighted by molar-refractivity contribution is 6.32. The lowest BCUT2D eigenvalue weighted by molar-refractivity contribution is -0.123. The number of aromatic nitrogens is 1. The first-order valence-electron chi connectivity index (χ1n) is 9.32. The number of hydrogen-bond acceptors (Lipinski definition) is 3. The molecule has 0 saturated heterocycles. The van der Waals surface area contributed by atoms with E-state index in [1.54, 1.807) is 30.5 Å². The molecule has 0 radical (unpaired) electrons. The van der Waals surface area contributed by atoms with Crippen LogP contribution in [0.2, 0.25) is 5.02 Å². The second-order valence-electron chi connectivity index (χ2n) is 6.96. The Bertz CT molecular complexity index is 1070. The smallest absolute Gasteiger partial charge is 0.277 e. The van der Waals surface area contributed by atoms with Gasteiger partial charge in [-0.1, -0.05) is 35.9 Å². The first-order valence-corrected chi connectivity index (χ1v) is 9.70. The number of carbonyl (C=O) groups excluding carboxylic acids is 1. The Kier molecular flexibility index (Phi) is 6.39. The van der Waals surface area contributed by atoms with Crippen LogP contribution in [0.15, 0.2) is 53.6 Å². The second-order valence-corrected chi connectivity index (χ2v) is 7.37. The predicted octanol–water partition coefficient (Wildman–Crippen LogP) is 4.89. The molecule has 1 aromatic heterocycles. The van der Waals surface area contributed by atoms with E-state index in [2.05, 4.69) is 54.1 Å². The molecule has 3 aromatic rings. The van der Waals surface area contributed by atoms with Gasteiger partial charge in [0.2, 0.25) is 0 Å². The highest BCUT2D eigenvalue weighted by Gasteiger charge is 2.12. The molecule has 0 unspecified atom stereocenters. The molecule has 0 aliphatic carbocycles. The summed E-state index contributed by atoms with van der Waals surface area (Å²) in [5.41, 5.74) is 9.15. The van der Waals surface area contributed by atoms with Crippen LogP contribution in [-0.2, 0) is 4.79 Å². The summed E-state index contributed by atoms with van der Waals surface area (Å²) in [6.07, 6.45) is 1.65. The summed E-state index contributed by atoms with van der Waals surface area (Å²) in [6, 6.07) is 15.5. The van der Waals surface area contributed by atoms with Gasteiger partial charge in [0.25, 0.3) is 5.91 Å². The van der Waals surface area contributed by atoms with Crippen molar-refractivity contribution in [1.29, 1.82) is 0 Å². The Balaban J connectivity index is 1.68. The zero-order chi connectivity index (χ0) is 21.0. The van der Waals surface area contributed by atoms with E-state index in [0.717, 1.165) is 22.6 Å². The molecule has 3 rings (SSSR count). The zero-order valence-corrected chi connectivity index (χ0v) is 17.7. The molecule has 0 saturated carbocycles. The van der Waals surface area contributed by atoms with Crippen LogP contribution in [-0.4, -0.2) is 23.3 Å². The first-order chi connectivity index (χ1) is 13.9. The van der Waals surface area contributed by atoms with Crippen molar-refractivity contribution in [3.63, 3.8) is 0 Å². The molecule has 0 spiro atoms. The quantitative estimate of drug-likeness (QED) is 0.465. The van der Waals surface area contributed by atoms with E-state index in [0.29, 0.717) is 10.8 Å². The van der Waals surface area contributed by atoms with Crippen LogP contribution in [0.25, 0.3) is 5.69 Å². The summed E-state index contributed by atoms with van der Waals surface area (Å²) in [5.74, 6) is 0.106. The molecule has 5 nitrogen and oxygen atoms in total. The number of ether oxygens (including phenoxy) is 1. The summed E-state index contributed by atoms with van der Waals surface area (Å²) in [7, 11) is 0. The lowest BCUT2D eigenvalue weighted by Gasteiger charge is -2.13. The minimum atomic E-state index is -0.357. The van der Waals surface area contributed by atoms with Gasteiger partial charge in [0.15, 0.2) is 6.61 Å². The van der Waals surface area contributed by atoms with Crippen LogP contribution < -0.4 is 10.2 Å². The molecule has 1 amide bonds. The van der Waals surface area contributed by atoms with Crippen LogP contribution in [0, 0.1) is 27.7 Å². The van der Waals surface area contributed by atoms with E-state index in [-0.39, 0.29) is 12.5 Å². The second kappa shape index (κ2) is 8.97. The monoisotopic (exact) mass is 409 g/mol.